The highest BCUT2D eigenvalue weighted by molar-refractivity contribution is 7.90. The van der Waals surface area contributed by atoms with Gasteiger partial charge in [-0.3, -0.25) is 4.79 Å². The Bertz CT molecular complexity index is 1100. The van der Waals surface area contributed by atoms with Crippen LogP contribution in [0, 0.1) is 23.7 Å². The first-order chi connectivity index (χ1) is 15.8. The highest BCUT2D eigenvalue weighted by Gasteiger charge is 2.46. The van der Waals surface area contributed by atoms with Gasteiger partial charge < -0.3 is 14.6 Å². The van der Waals surface area contributed by atoms with Gasteiger partial charge >= 0.3 is 0 Å². The molecule has 1 aromatic carbocycles. The van der Waals surface area contributed by atoms with E-state index in [0.717, 1.165) is 9.18 Å². The van der Waals surface area contributed by atoms with Crippen LogP contribution >= 0.6 is 11.3 Å². The van der Waals surface area contributed by atoms with E-state index in [0.29, 0.717) is 11.3 Å². The van der Waals surface area contributed by atoms with Gasteiger partial charge in [0.2, 0.25) is 15.9 Å². The summed E-state index contributed by atoms with van der Waals surface area (Å²) in [6.45, 7) is 3.59. The van der Waals surface area contributed by atoms with Crippen LogP contribution < -0.4 is 4.74 Å². The normalized spacial score (nSPS) is 19.4. The molecule has 2 heterocycles. The largest absolute Gasteiger partial charge is 0.493 e. The van der Waals surface area contributed by atoms with Crippen molar-refractivity contribution in [1.82, 2.24) is 4.31 Å². The quantitative estimate of drug-likeness (QED) is 0.542. The lowest BCUT2D eigenvalue weighted by molar-refractivity contribution is -0.127. The van der Waals surface area contributed by atoms with Gasteiger partial charge in [0, 0.05) is 30.9 Å². The second-order valence-electron chi connectivity index (χ2n) is 8.12. The Hall–Kier alpha value is -2.38. The number of aliphatic hydroxyl groups is 1. The Morgan fingerprint density at radius 3 is 2.70 bits per heavy atom. The van der Waals surface area contributed by atoms with Crippen LogP contribution in [0.25, 0.3) is 0 Å². The van der Waals surface area contributed by atoms with Crippen LogP contribution in [0.1, 0.15) is 36.8 Å². The van der Waals surface area contributed by atoms with Gasteiger partial charge in [0.05, 0.1) is 17.8 Å². The summed E-state index contributed by atoms with van der Waals surface area (Å²) in [5, 5.41) is 11.8. The maximum absolute atomic E-state index is 13.0. The molecule has 3 atom stereocenters. The monoisotopic (exact) mass is 491 g/mol. The predicted octanol–water partition coefficient (Wildman–Crippen LogP) is 3.06. The average molecular weight is 492 g/mol. The number of carbonyl (C=O) groups is 1. The van der Waals surface area contributed by atoms with Crippen LogP contribution in [0.3, 0.4) is 0 Å². The van der Waals surface area contributed by atoms with Crippen LogP contribution in [0.4, 0.5) is 0 Å². The SMILES string of the molecule is COCC#CC[C@H]1C(=O)N(S(=O)(=O)C(C)C)C[C@@H]1COc1cccc(C(O)c2cccs2)c1. The number of amides is 1. The molecule has 178 valence electrons. The van der Waals surface area contributed by atoms with Crippen molar-refractivity contribution < 1.29 is 27.8 Å². The van der Waals surface area contributed by atoms with E-state index in [2.05, 4.69) is 11.8 Å². The summed E-state index contributed by atoms with van der Waals surface area (Å²) >= 11 is 1.47. The number of hydrogen-bond donors (Lipinski definition) is 1. The first kappa shape index (κ1) is 25.2. The molecule has 0 saturated carbocycles. The topological polar surface area (TPSA) is 93.1 Å². The molecular weight excluding hydrogens is 462 g/mol. The van der Waals surface area contributed by atoms with E-state index in [4.69, 9.17) is 9.47 Å². The Morgan fingerprint density at radius 1 is 1.24 bits per heavy atom. The molecule has 2 aromatic rings. The molecule has 0 bridgehead atoms. The van der Waals surface area contributed by atoms with Crippen LogP contribution in [-0.4, -0.2) is 55.9 Å². The van der Waals surface area contributed by atoms with Gasteiger partial charge in [-0.05, 0) is 43.0 Å². The van der Waals surface area contributed by atoms with Crippen molar-refractivity contribution in [2.45, 2.75) is 31.6 Å². The molecule has 9 heteroatoms. The van der Waals surface area contributed by atoms with Crippen LogP contribution in [0.2, 0.25) is 0 Å². The third-order valence-electron chi connectivity index (χ3n) is 5.55. The molecule has 0 aliphatic carbocycles. The molecule has 1 aliphatic heterocycles. The highest BCUT2D eigenvalue weighted by atomic mass is 32.2. The minimum absolute atomic E-state index is 0.0630. The van der Waals surface area contributed by atoms with E-state index in [1.54, 1.807) is 32.0 Å². The zero-order valence-electron chi connectivity index (χ0n) is 18.9. The van der Waals surface area contributed by atoms with Crippen LogP contribution in [-0.2, 0) is 19.6 Å². The van der Waals surface area contributed by atoms with Crippen molar-refractivity contribution in [3.8, 4) is 17.6 Å². The zero-order valence-corrected chi connectivity index (χ0v) is 20.6. The predicted molar refractivity (Wildman–Crippen MR) is 127 cm³/mol. The van der Waals surface area contributed by atoms with Crippen molar-refractivity contribution in [2.24, 2.45) is 11.8 Å². The first-order valence-corrected chi connectivity index (χ1v) is 13.1. The summed E-state index contributed by atoms with van der Waals surface area (Å²) in [5.41, 5.74) is 0.698. The van der Waals surface area contributed by atoms with E-state index in [-0.39, 0.29) is 32.1 Å². The second-order valence-corrected chi connectivity index (χ2v) is 11.5. The van der Waals surface area contributed by atoms with Gasteiger partial charge in [0.15, 0.2) is 0 Å². The fraction of sp³-hybridized carbons (Fsp3) is 0.458. The fourth-order valence-corrected chi connectivity index (χ4v) is 5.65. The molecule has 3 rings (SSSR count). The number of ether oxygens (including phenoxy) is 2. The van der Waals surface area contributed by atoms with E-state index in [1.165, 1.54) is 18.4 Å². The molecule has 1 aliphatic rings. The van der Waals surface area contributed by atoms with E-state index in [9.17, 15) is 18.3 Å². The number of thiophene rings is 1. The summed E-state index contributed by atoms with van der Waals surface area (Å²) in [7, 11) is -2.20. The molecule has 7 nitrogen and oxygen atoms in total. The molecule has 1 saturated heterocycles. The Balaban J connectivity index is 1.75. The summed E-state index contributed by atoms with van der Waals surface area (Å²) in [5.74, 6) is 4.94. The minimum atomic E-state index is -3.73. The van der Waals surface area contributed by atoms with Crippen LogP contribution in [0.15, 0.2) is 41.8 Å². The van der Waals surface area contributed by atoms with Gasteiger partial charge in [-0.2, -0.15) is 0 Å². The molecule has 0 radical (unpaired) electrons. The van der Waals surface area contributed by atoms with Crippen molar-refractivity contribution in [3.63, 3.8) is 0 Å². The van der Waals surface area contributed by atoms with Crippen molar-refractivity contribution in [3.05, 3.63) is 52.2 Å². The van der Waals surface area contributed by atoms with Crippen LogP contribution in [0.5, 0.6) is 5.75 Å². The number of benzene rings is 1. The molecule has 1 N–H and O–H groups in total. The lowest BCUT2D eigenvalue weighted by Crippen LogP contribution is -2.38. The fourth-order valence-electron chi connectivity index (χ4n) is 3.62. The Labute approximate surface area is 199 Å². The van der Waals surface area contributed by atoms with E-state index >= 15 is 0 Å². The third kappa shape index (κ3) is 5.95. The van der Waals surface area contributed by atoms with Gasteiger partial charge in [0.1, 0.15) is 18.5 Å². The highest BCUT2D eigenvalue weighted by Crippen LogP contribution is 2.32. The number of methoxy groups -OCH3 is 1. The number of aliphatic hydroxyl groups excluding tert-OH is 1. The molecular formula is C24H29NO6S2. The molecule has 1 fully saturated rings. The number of sulfonamides is 1. The van der Waals surface area contributed by atoms with Gasteiger partial charge in [0.25, 0.3) is 0 Å². The van der Waals surface area contributed by atoms with E-state index in [1.807, 2.05) is 23.6 Å². The molecule has 0 spiro atoms. The molecule has 1 unspecified atom stereocenters. The van der Waals surface area contributed by atoms with Gasteiger partial charge in [-0.25, -0.2) is 12.7 Å². The second kappa shape index (κ2) is 11.2. The van der Waals surface area contributed by atoms with Gasteiger partial charge in [-0.15, -0.1) is 17.3 Å². The maximum Gasteiger partial charge on any atom is 0.240 e. The molecule has 1 amide bonds. The van der Waals surface area contributed by atoms with Crippen molar-refractivity contribution in [2.75, 3.05) is 26.9 Å². The van der Waals surface area contributed by atoms with E-state index < -0.39 is 33.2 Å². The standard InChI is InChI=1S/C24H29NO6S2/c1-17(2)33(28,29)25-15-19(21(24(25)27)10-4-5-12-30-3)16-31-20-9-6-8-18(14-20)23(26)22-11-7-13-32-22/h6-9,11,13-14,17,19,21,23,26H,10,12,15-16H2,1-3H3/t19-,21-,23?/m1/s1. The smallest absolute Gasteiger partial charge is 0.240 e. The Kier molecular flexibility index (Phi) is 8.54. The zero-order chi connectivity index (χ0) is 24.0. The summed E-state index contributed by atoms with van der Waals surface area (Å²) in [6.07, 6.45) is -0.519. The lowest BCUT2D eigenvalue weighted by Gasteiger charge is -2.19. The maximum atomic E-state index is 13.0. The van der Waals surface area contributed by atoms with Crippen molar-refractivity contribution >= 4 is 27.3 Å². The number of carbonyl (C=O) groups excluding carboxylic acids is 1. The Morgan fingerprint density at radius 2 is 2.03 bits per heavy atom. The third-order valence-corrected chi connectivity index (χ3v) is 8.61. The summed E-state index contributed by atoms with van der Waals surface area (Å²) < 4.78 is 37.3. The minimum Gasteiger partial charge on any atom is -0.493 e. The summed E-state index contributed by atoms with van der Waals surface area (Å²) in [4.78, 5) is 13.8. The molecule has 33 heavy (non-hydrogen) atoms. The number of hydrogen-bond acceptors (Lipinski definition) is 7. The first-order valence-electron chi connectivity index (χ1n) is 10.7. The average Bonchev–Trinajstić information content (AvgIpc) is 3.44. The van der Waals surface area contributed by atoms with Gasteiger partial charge in [-0.1, -0.05) is 24.1 Å². The number of nitrogens with zero attached hydrogens (tertiary/aromatic N) is 1. The number of rotatable bonds is 9. The lowest BCUT2D eigenvalue weighted by atomic mass is 9.93. The molecule has 1 aromatic heterocycles. The summed E-state index contributed by atoms with van der Waals surface area (Å²) in [6, 6.07) is 10.9. The van der Waals surface area contributed by atoms with Crippen molar-refractivity contribution in [1.29, 1.82) is 0 Å².